The summed E-state index contributed by atoms with van der Waals surface area (Å²) in [4.78, 5) is 14.5. The molecule has 0 spiro atoms. The van der Waals surface area contributed by atoms with E-state index in [4.69, 9.17) is 5.73 Å². The number of benzene rings is 1. The van der Waals surface area contributed by atoms with Crippen LogP contribution in [0.15, 0.2) is 18.2 Å². The van der Waals surface area contributed by atoms with Gasteiger partial charge in [0.05, 0.1) is 12.1 Å². The fraction of sp³-hybridized carbons (Fsp3) is 0.471. The maximum absolute atomic E-state index is 13.5. The Hall–Kier alpha value is -1.86. The van der Waals surface area contributed by atoms with Crippen molar-refractivity contribution in [2.45, 2.75) is 32.1 Å². The first-order chi connectivity index (χ1) is 10.2. The Morgan fingerprint density at radius 1 is 1.19 bits per heavy atom. The summed E-state index contributed by atoms with van der Waals surface area (Å²) in [5, 5.41) is 0. The maximum atomic E-state index is 13.5. The summed E-state index contributed by atoms with van der Waals surface area (Å²) in [5.41, 5.74) is 6.26. The summed E-state index contributed by atoms with van der Waals surface area (Å²) in [6.07, 6.45) is 5.53. The summed E-state index contributed by atoms with van der Waals surface area (Å²) in [6, 6.07) is 4.15. The quantitative estimate of drug-likeness (QED) is 0.807. The molecule has 0 atom stereocenters. The Kier molecular flexibility index (Phi) is 5.77. The molecule has 1 fully saturated rings. The minimum atomic E-state index is -0.413. The Morgan fingerprint density at radius 2 is 1.86 bits per heavy atom. The van der Waals surface area contributed by atoms with E-state index >= 15 is 0 Å². The van der Waals surface area contributed by atoms with Crippen molar-refractivity contribution in [2.75, 3.05) is 19.6 Å². The molecule has 0 bridgehead atoms. The molecule has 21 heavy (non-hydrogen) atoms. The number of nitrogens with zero attached hydrogens (tertiary/aromatic N) is 1. The van der Waals surface area contributed by atoms with Gasteiger partial charge in [-0.05, 0) is 31.0 Å². The van der Waals surface area contributed by atoms with Crippen LogP contribution in [-0.2, 0) is 0 Å². The SMILES string of the molecule is NCC#Cc1ccc(F)cc1C(=O)N1CCCCCCC1. The summed E-state index contributed by atoms with van der Waals surface area (Å²) < 4.78 is 13.5. The number of carbonyl (C=O) groups is 1. The van der Waals surface area contributed by atoms with Crippen LogP contribution in [0.3, 0.4) is 0 Å². The Labute approximate surface area is 125 Å². The lowest BCUT2D eigenvalue weighted by Crippen LogP contribution is -2.34. The highest BCUT2D eigenvalue weighted by atomic mass is 19.1. The number of nitrogens with two attached hydrogens (primary N) is 1. The predicted octanol–water partition coefficient (Wildman–Crippen LogP) is 2.54. The van der Waals surface area contributed by atoms with E-state index in [-0.39, 0.29) is 12.5 Å². The normalized spacial score (nSPS) is 15.6. The van der Waals surface area contributed by atoms with E-state index in [2.05, 4.69) is 11.8 Å². The van der Waals surface area contributed by atoms with Gasteiger partial charge in [0.2, 0.25) is 0 Å². The number of halogens is 1. The van der Waals surface area contributed by atoms with Gasteiger partial charge in [-0.1, -0.05) is 31.1 Å². The highest BCUT2D eigenvalue weighted by molar-refractivity contribution is 5.96. The van der Waals surface area contributed by atoms with Gasteiger partial charge in [-0.3, -0.25) is 4.79 Å². The second-order valence-electron chi connectivity index (χ2n) is 5.26. The van der Waals surface area contributed by atoms with E-state index in [1.807, 2.05) is 4.90 Å². The van der Waals surface area contributed by atoms with Gasteiger partial charge in [0, 0.05) is 18.7 Å². The third kappa shape index (κ3) is 4.30. The third-order valence-electron chi connectivity index (χ3n) is 3.68. The van der Waals surface area contributed by atoms with Crippen molar-refractivity contribution in [3.63, 3.8) is 0 Å². The van der Waals surface area contributed by atoms with Crippen molar-refractivity contribution in [2.24, 2.45) is 5.73 Å². The highest BCUT2D eigenvalue weighted by Gasteiger charge is 2.19. The second-order valence-corrected chi connectivity index (χ2v) is 5.26. The predicted molar refractivity (Wildman–Crippen MR) is 81.3 cm³/mol. The van der Waals surface area contributed by atoms with E-state index < -0.39 is 5.82 Å². The Bertz CT molecular complexity index is 552. The fourth-order valence-electron chi connectivity index (χ4n) is 2.57. The van der Waals surface area contributed by atoms with Gasteiger partial charge < -0.3 is 10.6 Å². The topological polar surface area (TPSA) is 46.3 Å². The maximum Gasteiger partial charge on any atom is 0.255 e. The zero-order valence-electron chi connectivity index (χ0n) is 12.2. The summed E-state index contributed by atoms with van der Waals surface area (Å²) >= 11 is 0. The van der Waals surface area contributed by atoms with Crippen LogP contribution in [0, 0.1) is 17.7 Å². The molecule has 1 aliphatic rings. The number of hydrogen-bond donors (Lipinski definition) is 1. The summed E-state index contributed by atoms with van der Waals surface area (Å²) in [7, 11) is 0. The molecular weight excluding hydrogens is 267 g/mol. The molecule has 0 saturated carbocycles. The smallest absolute Gasteiger partial charge is 0.255 e. The van der Waals surface area contributed by atoms with E-state index in [0.717, 1.165) is 38.8 Å². The molecule has 1 aromatic rings. The van der Waals surface area contributed by atoms with Crippen LogP contribution in [0.5, 0.6) is 0 Å². The highest BCUT2D eigenvalue weighted by Crippen LogP contribution is 2.17. The number of carbonyl (C=O) groups excluding carboxylic acids is 1. The Morgan fingerprint density at radius 3 is 2.52 bits per heavy atom. The van der Waals surface area contributed by atoms with E-state index in [9.17, 15) is 9.18 Å². The summed E-state index contributed by atoms with van der Waals surface area (Å²) in [5.74, 6) is 5.05. The number of amides is 1. The molecule has 0 unspecified atom stereocenters. The molecule has 0 aliphatic carbocycles. The van der Waals surface area contributed by atoms with Crippen molar-refractivity contribution in [1.29, 1.82) is 0 Å². The van der Waals surface area contributed by atoms with Crippen molar-refractivity contribution in [3.8, 4) is 11.8 Å². The van der Waals surface area contributed by atoms with Crippen LogP contribution >= 0.6 is 0 Å². The average molecular weight is 288 g/mol. The Balaban J connectivity index is 2.25. The van der Waals surface area contributed by atoms with E-state index in [1.165, 1.54) is 18.6 Å². The van der Waals surface area contributed by atoms with Crippen molar-refractivity contribution >= 4 is 5.91 Å². The molecule has 2 rings (SSSR count). The molecule has 1 amide bonds. The molecule has 112 valence electrons. The number of hydrogen-bond acceptors (Lipinski definition) is 2. The van der Waals surface area contributed by atoms with Gasteiger partial charge in [0.15, 0.2) is 0 Å². The van der Waals surface area contributed by atoms with E-state index in [0.29, 0.717) is 11.1 Å². The molecule has 0 aromatic heterocycles. The molecule has 1 heterocycles. The standard InChI is InChI=1S/C17H21FN2O/c18-15-9-8-14(7-6-10-19)16(13-15)17(21)20-11-4-2-1-3-5-12-20/h8-9,13H,1-5,10-12,19H2. The average Bonchev–Trinajstić information content (AvgIpc) is 2.45. The first kappa shape index (κ1) is 15.5. The van der Waals surface area contributed by atoms with Gasteiger partial charge in [-0.2, -0.15) is 0 Å². The van der Waals surface area contributed by atoms with Crippen LogP contribution in [0.25, 0.3) is 0 Å². The molecule has 0 radical (unpaired) electrons. The number of rotatable bonds is 1. The molecule has 2 N–H and O–H groups in total. The number of likely N-dealkylation sites (tertiary alicyclic amines) is 1. The molecule has 3 nitrogen and oxygen atoms in total. The van der Waals surface area contributed by atoms with Crippen LogP contribution in [0.2, 0.25) is 0 Å². The van der Waals surface area contributed by atoms with Crippen molar-refractivity contribution < 1.29 is 9.18 Å². The van der Waals surface area contributed by atoms with Gasteiger partial charge in [-0.15, -0.1) is 0 Å². The lowest BCUT2D eigenvalue weighted by Gasteiger charge is -2.25. The van der Waals surface area contributed by atoms with E-state index in [1.54, 1.807) is 6.07 Å². The lowest BCUT2D eigenvalue weighted by molar-refractivity contribution is 0.0741. The van der Waals surface area contributed by atoms with Crippen LogP contribution in [-0.4, -0.2) is 30.4 Å². The lowest BCUT2D eigenvalue weighted by atomic mass is 10.0. The second kappa shape index (κ2) is 7.80. The monoisotopic (exact) mass is 288 g/mol. The van der Waals surface area contributed by atoms with Crippen LogP contribution in [0.4, 0.5) is 4.39 Å². The molecule has 1 aliphatic heterocycles. The van der Waals surface area contributed by atoms with Gasteiger partial charge >= 0.3 is 0 Å². The summed E-state index contributed by atoms with van der Waals surface area (Å²) in [6.45, 7) is 1.69. The van der Waals surface area contributed by atoms with Crippen molar-refractivity contribution in [1.82, 2.24) is 4.90 Å². The van der Waals surface area contributed by atoms with Gasteiger partial charge in [0.25, 0.3) is 5.91 Å². The first-order valence-corrected chi connectivity index (χ1v) is 7.50. The molecular formula is C17H21FN2O. The van der Waals surface area contributed by atoms with Gasteiger partial charge in [-0.25, -0.2) is 4.39 Å². The molecule has 1 saturated heterocycles. The van der Waals surface area contributed by atoms with Crippen LogP contribution < -0.4 is 5.73 Å². The largest absolute Gasteiger partial charge is 0.339 e. The minimum absolute atomic E-state index is 0.127. The zero-order valence-corrected chi connectivity index (χ0v) is 12.2. The molecule has 4 heteroatoms. The van der Waals surface area contributed by atoms with Crippen LogP contribution in [0.1, 0.15) is 48.0 Å². The molecule has 1 aromatic carbocycles. The fourth-order valence-corrected chi connectivity index (χ4v) is 2.57. The van der Waals surface area contributed by atoms with Crippen molar-refractivity contribution in [3.05, 3.63) is 35.1 Å². The minimum Gasteiger partial charge on any atom is -0.339 e. The third-order valence-corrected chi connectivity index (χ3v) is 3.68. The first-order valence-electron chi connectivity index (χ1n) is 7.50. The zero-order chi connectivity index (χ0) is 15.1. The van der Waals surface area contributed by atoms with Gasteiger partial charge in [0.1, 0.15) is 5.82 Å².